The lowest BCUT2D eigenvalue weighted by Gasteiger charge is -2.10. The molecule has 0 aromatic carbocycles. The summed E-state index contributed by atoms with van der Waals surface area (Å²) in [5.41, 5.74) is 0.944. The first kappa shape index (κ1) is 10.1. The number of likely N-dealkylation sites (N-methyl/N-ethyl adjacent to an activating group) is 1. The number of hydrogen-bond donors (Lipinski definition) is 3. The minimum Gasteiger partial charge on any atom is -0.337 e. The van der Waals surface area contributed by atoms with Gasteiger partial charge in [-0.2, -0.15) is 0 Å². The van der Waals surface area contributed by atoms with Gasteiger partial charge in [0.05, 0.1) is 6.04 Å². The van der Waals surface area contributed by atoms with E-state index in [4.69, 9.17) is 12.2 Å². The Balaban J connectivity index is 2.67. The predicted molar refractivity (Wildman–Crippen MR) is 53.2 cm³/mol. The second-order valence-corrected chi connectivity index (χ2v) is 3.33. The summed E-state index contributed by atoms with van der Waals surface area (Å²) >= 11 is 4.87. The lowest BCUT2D eigenvalue weighted by molar-refractivity contribution is -0.118. The smallest absolute Gasteiger partial charge is 0.174 e. The van der Waals surface area contributed by atoms with E-state index in [0.29, 0.717) is 11.2 Å². The molecular weight excluding hydrogens is 186 g/mol. The Labute approximate surface area is 81.8 Å². The van der Waals surface area contributed by atoms with Crippen LogP contribution in [0.5, 0.6) is 0 Å². The zero-order chi connectivity index (χ0) is 9.84. The van der Waals surface area contributed by atoms with Crippen LogP contribution < -0.4 is 5.32 Å². The van der Waals surface area contributed by atoms with E-state index >= 15 is 0 Å². The number of nitrogens with one attached hydrogen (secondary N) is 3. The van der Waals surface area contributed by atoms with E-state index in [-0.39, 0.29) is 11.8 Å². The number of hydrogen-bond acceptors (Lipinski definition) is 3. The van der Waals surface area contributed by atoms with E-state index in [9.17, 15) is 4.79 Å². The molecule has 5 heteroatoms. The Bertz CT molecular complexity index is 341. The number of carbonyl (C=O) groups is 1. The van der Waals surface area contributed by atoms with E-state index in [0.717, 1.165) is 5.69 Å². The summed E-state index contributed by atoms with van der Waals surface area (Å²) in [4.78, 5) is 16.9. The van der Waals surface area contributed by atoms with Crippen molar-refractivity contribution in [3.05, 3.63) is 16.7 Å². The molecule has 0 amide bonds. The van der Waals surface area contributed by atoms with E-state index in [1.165, 1.54) is 0 Å². The summed E-state index contributed by atoms with van der Waals surface area (Å²) in [5, 5.41) is 2.94. The van der Waals surface area contributed by atoms with Crippen LogP contribution in [0.3, 0.4) is 0 Å². The third-order valence-electron chi connectivity index (χ3n) is 1.91. The molecule has 0 aliphatic heterocycles. The van der Waals surface area contributed by atoms with Crippen LogP contribution >= 0.6 is 12.2 Å². The van der Waals surface area contributed by atoms with E-state index < -0.39 is 0 Å². The van der Waals surface area contributed by atoms with Crippen molar-refractivity contribution in [1.29, 1.82) is 0 Å². The highest BCUT2D eigenvalue weighted by Gasteiger charge is 2.12. The molecule has 0 aliphatic rings. The van der Waals surface area contributed by atoms with Gasteiger partial charge in [-0.1, -0.05) is 0 Å². The molecule has 0 bridgehead atoms. The summed E-state index contributed by atoms with van der Waals surface area (Å²) in [6, 6.07) is -0.138. The van der Waals surface area contributed by atoms with Gasteiger partial charge in [0.25, 0.3) is 0 Å². The highest BCUT2D eigenvalue weighted by Crippen LogP contribution is 1.99. The largest absolute Gasteiger partial charge is 0.337 e. The van der Waals surface area contributed by atoms with Crippen LogP contribution in [0.25, 0.3) is 0 Å². The summed E-state index contributed by atoms with van der Waals surface area (Å²) in [7, 11) is 1.77. The van der Waals surface area contributed by atoms with Crippen LogP contribution in [0.4, 0.5) is 0 Å². The summed E-state index contributed by atoms with van der Waals surface area (Å²) < 4.78 is 0.591. The van der Waals surface area contributed by atoms with Crippen LogP contribution in [0, 0.1) is 4.77 Å². The standard InChI is InChI=1S/C8H13N3OS/c1-5(12)7(9-2)3-6-4-10-8(13)11-6/h4,7,9H,3H2,1-2H3,(H2,10,11,13)/t7-/m0/s1. The molecule has 3 N–H and O–H groups in total. The number of ketones is 1. The fourth-order valence-corrected chi connectivity index (χ4v) is 1.34. The number of H-pyrrole nitrogens is 2. The SMILES string of the molecule is CN[C@@H](Cc1c[nH]c(=S)[nH]1)C(C)=O. The van der Waals surface area contributed by atoms with Crippen molar-refractivity contribution in [2.45, 2.75) is 19.4 Å². The Morgan fingerprint density at radius 2 is 2.46 bits per heavy atom. The highest BCUT2D eigenvalue weighted by atomic mass is 32.1. The van der Waals surface area contributed by atoms with Crippen molar-refractivity contribution in [2.24, 2.45) is 0 Å². The Hall–Kier alpha value is -0.940. The van der Waals surface area contributed by atoms with Crippen LogP contribution in [0.15, 0.2) is 6.20 Å². The van der Waals surface area contributed by atoms with Gasteiger partial charge < -0.3 is 15.3 Å². The van der Waals surface area contributed by atoms with Gasteiger partial charge in [-0.05, 0) is 26.2 Å². The lowest BCUT2D eigenvalue weighted by Crippen LogP contribution is -2.34. The van der Waals surface area contributed by atoms with Crippen LogP contribution in [0.1, 0.15) is 12.6 Å². The third kappa shape index (κ3) is 2.78. The van der Waals surface area contributed by atoms with Crippen molar-refractivity contribution in [1.82, 2.24) is 15.3 Å². The monoisotopic (exact) mass is 199 g/mol. The normalized spacial score (nSPS) is 12.8. The van der Waals surface area contributed by atoms with E-state index in [1.807, 2.05) is 0 Å². The molecule has 13 heavy (non-hydrogen) atoms. The van der Waals surface area contributed by atoms with Gasteiger partial charge >= 0.3 is 0 Å². The van der Waals surface area contributed by atoms with E-state index in [1.54, 1.807) is 20.2 Å². The molecular formula is C8H13N3OS. The molecule has 1 aromatic heterocycles. The van der Waals surface area contributed by atoms with Gasteiger partial charge in [-0.15, -0.1) is 0 Å². The fourth-order valence-electron chi connectivity index (χ4n) is 1.15. The van der Waals surface area contributed by atoms with Gasteiger partial charge in [0.1, 0.15) is 5.78 Å². The number of imidazole rings is 1. The molecule has 1 heterocycles. The molecule has 1 atom stereocenters. The van der Waals surface area contributed by atoms with Crippen molar-refractivity contribution in [3.8, 4) is 0 Å². The van der Waals surface area contributed by atoms with Crippen molar-refractivity contribution in [3.63, 3.8) is 0 Å². The second kappa shape index (κ2) is 4.34. The van der Waals surface area contributed by atoms with Crippen molar-refractivity contribution >= 4 is 18.0 Å². The average Bonchev–Trinajstić information content (AvgIpc) is 2.46. The number of carbonyl (C=O) groups excluding carboxylic acids is 1. The number of aromatic nitrogens is 2. The molecule has 0 radical (unpaired) electrons. The second-order valence-electron chi connectivity index (χ2n) is 2.92. The van der Waals surface area contributed by atoms with Gasteiger partial charge in [-0.3, -0.25) is 4.79 Å². The van der Waals surface area contributed by atoms with Gasteiger partial charge in [0.2, 0.25) is 0 Å². The van der Waals surface area contributed by atoms with Crippen LogP contribution in [-0.4, -0.2) is 28.8 Å². The van der Waals surface area contributed by atoms with Gasteiger partial charge in [-0.25, -0.2) is 0 Å². The average molecular weight is 199 g/mol. The van der Waals surface area contributed by atoms with E-state index in [2.05, 4.69) is 15.3 Å². The molecule has 0 unspecified atom stereocenters. The first-order chi connectivity index (χ1) is 6.13. The fraction of sp³-hybridized carbons (Fsp3) is 0.500. The number of aromatic amines is 2. The van der Waals surface area contributed by atoms with Crippen LogP contribution in [0.2, 0.25) is 0 Å². The van der Waals surface area contributed by atoms with Crippen LogP contribution in [-0.2, 0) is 11.2 Å². The topological polar surface area (TPSA) is 60.7 Å². The minimum atomic E-state index is -0.138. The maximum absolute atomic E-state index is 11.1. The quantitative estimate of drug-likeness (QED) is 0.628. The predicted octanol–water partition coefficient (Wildman–Crippen LogP) is 0.792. The third-order valence-corrected chi connectivity index (χ3v) is 2.13. The minimum absolute atomic E-state index is 0.128. The maximum atomic E-state index is 11.1. The van der Waals surface area contributed by atoms with Gasteiger partial charge in [0.15, 0.2) is 4.77 Å². The Kier molecular flexibility index (Phi) is 3.39. The zero-order valence-corrected chi connectivity index (χ0v) is 8.49. The molecule has 0 saturated heterocycles. The molecule has 1 aromatic rings. The Morgan fingerprint density at radius 1 is 1.77 bits per heavy atom. The molecule has 72 valence electrons. The maximum Gasteiger partial charge on any atom is 0.174 e. The summed E-state index contributed by atoms with van der Waals surface area (Å²) in [6.45, 7) is 1.57. The number of Topliss-reactive ketones (excluding diaryl/α,β-unsaturated/α-hetero) is 1. The van der Waals surface area contributed by atoms with Crippen molar-refractivity contribution in [2.75, 3.05) is 7.05 Å². The summed E-state index contributed by atoms with van der Waals surface area (Å²) in [6.07, 6.45) is 2.43. The Morgan fingerprint density at radius 3 is 2.85 bits per heavy atom. The lowest BCUT2D eigenvalue weighted by atomic mass is 10.1. The molecule has 0 aliphatic carbocycles. The molecule has 0 saturated carbocycles. The highest BCUT2D eigenvalue weighted by molar-refractivity contribution is 7.71. The molecule has 4 nitrogen and oxygen atoms in total. The molecule has 1 rings (SSSR count). The van der Waals surface area contributed by atoms with Gasteiger partial charge in [0, 0.05) is 18.3 Å². The first-order valence-corrected chi connectivity index (χ1v) is 4.48. The zero-order valence-electron chi connectivity index (χ0n) is 7.68. The number of rotatable bonds is 4. The van der Waals surface area contributed by atoms with Crippen molar-refractivity contribution < 1.29 is 4.79 Å². The first-order valence-electron chi connectivity index (χ1n) is 4.07. The molecule has 0 spiro atoms. The molecule has 0 fully saturated rings. The summed E-state index contributed by atoms with van der Waals surface area (Å²) in [5.74, 6) is 0.128.